The van der Waals surface area contributed by atoms with Gasteiger partial charge < -0.3 is 29.4 Å². The van der Waals surface area contributed by atoms with E-state index >= 15 is 0 Å². The van der Waals surface area contributed by atoms with Crippen molar-refractivity contribution in [3.8, 4) is 0 Å². The van der Waals surface area contributed by atoms with Gasteiger partial charge in [0.15, 0.2) is 0 Å². The average Bonchev–Trinajstić information content (AvgIpc) is 2.79. The van der Waals surface area contributed by atoms with Crippen LogP contribution in [0, 0.1) is 5.92 Å². The minimum Gasteiger partial charge on any atom is -0.481 e. The summed E-state index contributed by atoms with van der Waals surface area (Å²) in [6.45, 7) is 6.02. The number of hydrogen-bond donors (Lipinski definition) is 2. The summed E-state index contributed by atoms with van der Waals surface area (Å²) in [5, 5.41) is 12.0. The van der Waals surface area contributed by atoms with Crippen molar-refractivity contribution in [2.75, 3.05) is 27.1 Å². The summed E-state index contributed by atoms with van der Waals surface area (Å²) in [5.74, 6) is -1.62. The maximum Gasteiger partial charge on any atom is 0.407 e. The Hall–Kier alpha value is -1.38. The van der Waals surface area contributed by atoms with Crippen LogP contribution in [0.2, 0.25) is 0 Å². The van der Waals surface area contributed by atoms with Crippen molar-refractivity contribution in [1.82, 2.24) is 5.32 Å². The quantitative estimate of drug-likeness (QED) is 0.511. The van der Waals surface area contributed by atoms with Gasteiger partial charge in [-0.1, -0.05) is 0 Å². The highest BCUT2D eigenvalue weighted by molar-refractivity contribution is 5.72. The third-order valence-electron chi connectivity index (χ3n) is 3.38. The summed E-state index contributed by atoms with van der Waals surface area (Å²) in [6.07, 6.45) is -0.290. The molecule has 0 radical (unpaired) electrons. The van der Waals surface area contributed by atoms with Gasteiger partial charge in [0, 0.05) is 7.11 Å². The number of alkyl carbamates (subject to hydrolysis) is 1. The van der Waals surface area contributed by atoms with Crippen molar-refractivity contribution >= 4 is 12.1 Å². The maximum atomic E-state index is 11.9. The van der Waals surface area contributed by atoms with Gasteiger partial charge in [-0.25, -0.2) is 4.79 Å². The van der Waals surface area contributed by atoms with Crippen LogP contribution < -0.4 is 5.32 Å². The number of hydrogen-bond acceptors (Lipinski definition) is 6. The second-order valence-corrected chi connectivity index (χ2v) is 6.42. The zero-order valence-electron chi connectivity index (χ0n) is 14.2. The normalized spacial score (nSPS) is 24.4. The Bertz CT molecular complexity index is 394. The summed E-state index contributed by atoms with van der Waals surface area (Å²) >= 11 is 0. The predicted molar refractivity (Wildman–Crippen MR) is 81.1 cm³/mol. The maximum absolute atomic E-state index is 11.9. The number of aliphatic carboxylic acids is 1. The van der Waals surface area contributed by atoms with Gasteiger partial charge in [0.2, 0.25) is 0 Å². The molecule has 1 aliphatic rings. The molecule has 2 N–H and O–H groups in total. The highest BCUT2D eigenvalue weighted by Crippen LogP contribution is 2.29. The van der Waals surface area contributed by atoms with E-state index in [1.807, 2.05) is 0 Å². The number of rotatable bonds is 8. The number of ether oxygens (including phenoxy) is 4. The highest BCUT2D eigenvalue weighted by atomic mass is 16.7. The van der Waals surface area contributed by atoms with Gasteiger partial charge in [0.05, 0.1) is 31.3 Å². The topological polar surface area (TPSA) is 103 Å². The van der Waals surface area contributed by atoms with Crippen molar-refractivity contribution in [3.63, 3.8) is 0 Å². The Labute approximate surface area is 136 Å². The second kappa shape index (κ2) is 9.05. The Balaban J connectivity index is 2.54. The molecule has 134 valence electrons. The molecule has 23 heavy (non-hydrogen) atoms. The molecule has 0 aromatic carbocycles. The number of carboxylic acid groups (broad SMARTS) is 1. The first-order chi connectivity index (χ1) is 10.7. The Kier molecular flexibility index (Phi) is 7.74. The fourth-order valence-corrected chi connectivity index (χ4v) is 2.41. The van der Waals surface area contributed by atoms with Crippen LogP contribution in [0.25, 0.3) is 0 Å². The van der Waals surface area contributed by atoms with Gasteiger partial charge in [-0.3, -0.25) is 4.79 Å². The number of nitrogens with one attached hydrogen (secondary N) is 1. The predicted octanol–water partition coefficient (Wildman–Crippen LogP) is 1.38. The van der Waals surface area contributed by atoms with Crippen LogP contribution >= 0.6 is 0 Å². The Morgan fingerprint density at radius 1 is 1.22 bits per heavy atom. The van der Waals surface area contributed by atoms with E-state index in [0.717, 1.165) is 0 Å². The molecule has 0 unspecified atom stereocenters. The molecule has 3 atom stereocenters. The number of methoxy groups -OCH3 is 1. The van der Waals surface area contributed by atoms with Crippen LogP contribution in [-0.4, -0.2) is 62.0 Å². The smallest absolute Gasteiger partial charge is 0.407 e. The van der Waals surface area contributed by atoms with E-state index in [1.54, 1.807) is 27.9 Å². The Morgan fingerprint density at radius 3 is 2.48 bits per heavy atom. The standard InChI is InChI=1S/C15H27NO7/c1-15(2,3)23-14(19)16-11-6-5-10(13(17)18)12(11)22-9-21-8-7-20-4/h10-12H,5-9H2,1-4H3,(H,16,19)(H,17,18)/t10-,11+,12+/m0/s1. The zero-order chi connectivity index (χ0) is 17.5. The summed E-state index contributed by atoms with van der Waals surface area (Å²) in [4.78, 5) is 23.2. The molecule has 1 rings (SSSR count). The van der Waals surface area contributed by atoms with Crippen LogP contribution in [-0.2, 0) is 23.7 Å². The van der Waals surface area contributed by atoms with Crippen LogP contribution in [0.1, 0.15) is 33.6 Å². The lowest BCUT2D eigenvalue weighted by molar-refractivity contribution is -0.154. The largest absolute Gasteiger partial charge is 0.481 e. The molecule has 0 bridgehead atoms. The molecule has 0 aromatic heterocycles. The number of carboxylic acids is 1. The van der Waals surface area contributed by atoms with Crippen molar-refractivity contribution in [3.05, 3.63) is 0 Å². The van der Waals surface area contributed by atoms with E-state index in [0.29, 0.717) is 26.1 Å². The molecule has 0 spiro atoms. The van der Waals surface area contributed by atoms with Crippen LogP contribution in [0.4, 0.5) is 4.79 Å². The van der Waals surface area contributed by atoms with Gasteiger partial charge in [-0.2, -0.15) is 0 Å². The minimum atomic E-state index is -0.944. The van der Waals surface area contributed by atoms with Gasteiger partial charge in [0.1, 0.15) is 12.4 Å². The first kappa shape index (κ1) is 19.7. The SMILES string of the molecule is COCCOCO[C@@H]1[C@@H](C(=O)O)CC[C@H]1NC(=O)OC(C)(C)C. The third kappa shape index (κ3) is 7.15. The molecule has 8 heteroatoms. The number of carbonyl (C=O) groups excluding carboxylic acids is 1. The van der Waals surface area contributed by atoms with E-state index < -0.39 is 35.7 Å². The monoisotopic (exact) mass is 333 g/mol. The van der Waals surface area contributed by atoms with E-state index in [-0.39, 0.29) is 6.79 Å². The van der Waals surface area contributed by atoms with E-state index in [4.69, 9.17) is 18.9 Å². The fourth-order valence-electron chi connectivity index (χ4n) is 2.41. The van der Waals surface area contributed by atoms with Gasteiger partial charge in [0.25, 0.3) is 0 Å². The number of carbonyl (C=O) groups is 2. The first-order valence-corrected chi connectivity index (χ1v) is 7.65. The molecule has 1 aliphatic carbocycles. The molecular formula is C15H27NO7. The fraction of sp³-hybridized carbons (Fsp3) is 0.867. The van der Waals surface area contributed by atoms with E-state index in [1.165, 1.54) is 0 Å². The molecule has 1 fully saturated rings. The lowest BCUT2D eigenvalue weighted by Gasteiger charge is -2.26. The van der Waals surface area contributed by atoms with Crippen molar-refractivity contribution in [2.45, 2.75) is 51.4 Å². The summed E-state index contributed by atoms with van der Waals surface area (Å²) < 4.78 is 20.8. The van der Waals surface area contributed by atoms with Crippen molar-refractivity contribution in [1.29, 1.82) is 0 Å². The van der Waals surface area contributed by atoms with Gasteiger partial charge in [-0.15, -0.1) is 0 Å². The average molecular weight is 333 g/mol. The van der Waals surface area contributed by atoms with Crippen molar-refractivity contribution in [2.24, 2.45) is 5.92 Å². The molecule has 0 saturated heterocycles. The van der Waals surface area contributed by atoms with Gasteiger partial charge >= 0.3 is 12.1 Å². The van der Waals surface area contributed by atoms with Crippen molar-refractivity contribution < 1.29 is 33.6 Å². The molecular weight excluding hydrogens is 306 g/mol. The van der Waals surface area contributed by atoms with E-state index in [2.05, 4.69) is 5.32 Å². The summed E-state index contributed by atoms with van der Waals surface area (Å²) in [6, 6.07) is -0.419. The van der Waals surface area contributed by atoms with Gasteiger partial charge in [-0.05, 0) is 33.6 Å². The third-order valence-corrected chi connectivity index (χ3v) is 3.38. The molecule has 0 aromatic rings. The minimum absolute atomic E-state index is 0.0513. The first-order valence-electron chi connectivity index (χ1n) is 7.65. The zero-order valence-corrected chi connectivity index (χ0v) is 14.2. The lowest BCUT2D eigenvalue weighted by atomic mass is 10.1. The lowest BCUT2D eigenvalue weighted by Crippen LogP contribution is -2.46. The van der Waals surface area contributed by atoms with Crippen LogP contribution in [0.3, 0.4) is 0 Å². The molecule has 0 heterocycles. The van der Waals surface area contributed by atoms with Crippen LogP contribution in [0.5, 0.6) is 0 Å². The highest BCUT2D eigenvalue weighted by Gasteiger charge is 2.42. The molecule has 0 aliphatic heterocycles. The Morgan fingerprint density at radius 2 is 1.91 bits per heavy atom. The summed E-state index contributed by atoms with van der Waals surface area (Å²) in [5.41, 5.74) is -0.617. The van der Waals surface area contributed by atoms with E-state index in [9.17, 15) is 14.7 Å². The molecule has 1 amide bonds. The molecule has 1 saturated carbocycles. The molecule has 8 nitrogen and oxygen atoms in total. The van der Waals surface area contributed by atoms with Crippen LogP contribution in [0.15, 0.2) is 0 Å². The summed E-state index contributed by atoms with van der Waals surface area (Å²) in [7, 11) is 1.56. The number of amides is 1. The second-order valence-electron chi connectivity index (χ2n) is 6.42.